The van der Waals surface area contributed by atoms with Crippen LogP contribution in [0.25, 0.3) is 0 Å². The van der Waals surface area contributed by atoms with Gasteiger partial charge in [0.15, 0.2) is 0 Å². The van der Waals surface area contributed by atoms with Crippen molar-refractivity contribution in [3.8, 4) is 0 Å². The molecule has 1 saturated carbocycles. The van der Waals surface area contributed by atoms with Crippen molar-refractivity contribution in [3.63, 3.8) is 0 Å². The van der Waals surface area contributed by atoms with Crippen molar-refractivity contribution in [1.29, 1.82) is 0 Å². The van der Waals surface area contributed by atoms with E-state index in [4.69, 9.17) is 5.73 Å². The van der Waals surface area contributed by atoms with Crippen molar-refractivity contribution in [2.45, 2.75) is 90.4 Å². The summed E-state index contributed by atoms with van der Waals surface area (Å²) in [5, 5.41) is 0. The predicted octanol–water partition coefficient (Wildman–Crippen LogP) is 6.27. The van der Waals surface area contributed by atoms with E-state index in [0.29, 0.717) is 5.92 Å². The van der Waals surface area contributed by atoms with E-state index in [1.807, 2.05) is 0 Å². The van der Waals surface area contributed by atoms with Gasteiger partial charge in [-0.1, -0.05) is 75.5 Å². The Morgan fingerprint density at radius 2 is 1.24 bits per heavy atom. The molecule has 0 aliphatic heterocycles. The van der Waals surface area contributed by atoms with Crippen LogP contribution in [-0.4, -0.2) is 0 Å². The molecule has 1 aliphatic carbocycles. The molecule has 0 amide bonds. The molecule has 0 spiro atoms. The number of nitrogens with two attached hydrogens (primary N) is 1. The molecule has 0 heterocycles. The van der Waals surface area contributed by atoms with Crippen LogP contribution in [0, 0.1) is 13.8 Å². The van der Waals surface area contributed by atoms with Gasteiger partial charge >= 0.3 is 0 Å². The summed E-state index contributed by atoms with van der Waals surface area (Å²) in [6.07, 6.45) is 15.4. The molecule has 1 aliphatic rings. The lowest BCUT2D eigenvalue weighted by molar-refractivity contribution is 0.468. The van der Waals surface area contributed by atoms with Crippen molar-refractivity contribution in [2.75, 3.05) is 5.73 Å². The minimum atomic E-state index is 0.683. The molecule has 1 nitrogen and oxygen atoms in total. The summed E-state index contributed by atoms with van der Waals surface area (Å²) in [6, 6.07) is 4.56. The first kappa shape index (κ1) is 16.4. The average molecular weight is 287 g/mol. The van der Waals surface area contributed by atoms with Gasteiger partial charge in [0.25, 0.3) is 0 Å². The fourth-order valence-electron chi connectivity index (χ4n) is 3.82. The second-order valence-corrected chi connectivity index (χ2v) is 7.04. The Morgan fingerprint density at radius 1 is 0.762 bits per heavy atom. The predicted molar refractivity (Wildman–Crippen MR) is 93.9 cm³/mol. The van der Waals surface area contributed by atoms with Crippen molar-refractivity contribution in [3.05, 3.63) is 28.8 Å². The molecule has 1 fully saturated rings. The molecule has 0 bridgehead atoms. The Bertz CT molecular complexity index is 424. The molecule has 2 rings (SSSR count). The first-order chi connectivity index (χ1) is 10.2. The number of aryl methyl sites for hydroxylation is 2. The first-order valence-corrected chi connectivity index (χ1v) is 9.05. The molecule has 118 valence electrons. The normalized spacial score (nSPS) is 19.7. The Balaban J connectivity index is 2.09. The average Bonchev–Trinajstić information content (AvgIpc) is 2.44. The second kappa shape index (κ2) is 8.46. The van der Waals surface area contributed by atoms with Crippen LogP contribution in [0.1, 0.15) is 93.2 Å². The molecule has 0 aromatic heterocycles. The van der Waals surface area contributed by atoms with E-state index in [2.05, 4.69) is 26.0 Å². The van der Waals surface area contributed by atoms with E-state index < -0.39 is 0 Å². The van der Waals surface area contributed by atoms with Crippen LogP contribution in [0.4, 0.5) is 5.69 Å². The highest BCUT2D eigenvalue weighted by atomic mass is 14.6. The van der Waals surface area contributed by atoms with Gasteiger partial charge < -0.3 is 5.73 Å². The standard InChI is InChI=1S/C20H33N/c1-16-14-17(2)20(21)19(15-16)18-12-10-8-6-4-3-5-7-9-11-13-18/h14-15,18H,3-13,21H2,1-2H3. The van der Waals surface area contributed by atoms with Crippen molar-refractivity contribution in [1.82, 2.24) is 0 Å². The molecule has 21 heavy (non-hydrogen) atoms. The SMILES string of the molecule is Cc1cc(C)c(N)c(C2CCCCCCCCCCC2)c1. The fourth-order valence-corrected chi connectivity index (χ4v) is 3.82. The van der Waals surface area contributed by atoms with Crippen molar-refractivity contribution >= 4 is 5.69 Å². The van der Waals surface area contributed by atoms with Gasteiger partial charge in [0.1, 0.15) is 0 Å². The fraction of sp³-hybridized carbons (Fsp3) is 0.700. The molecular weight excluding hydrogens is 254 g/mol. The van der Waals surface area contributed by atoms with E-state index in [1.54, 1.807) is 0 Å². The van der Waals surface area contributed by atoms with Crippen LogP contribution < -0.4 is 5.73 Å². The molecule has 0 unspecified atom stereocenters. The van der Waals surface area contributed by atoms with Crippen LogP contribution in [0.5, 0.6) is 0 Å². The highest BCUT2D eigenvalue weighted by Crippen LogP contribution is 2.34. The van der Waals surface area contributed by atoms with Gasteiger partial charge in [0, 0.05) is 5.69 Å². The lowest BCUT2D eigenvalue weighted by Gasteiger charge is -2.22. The van der Waals surface area contributed by atoms with Gasteiger partial charge in [-0.05, 0) is 43.7 Å². The second-order valence-electron chi connectivity index (χ2n) is 7.04. The zero-order valence-corrected chi connectivity index (χ0v) is 14.1. The van der Waals surface area contributed by atoms with E-state index in [1.165, 1.54) is 87.3 Å². The third kappa shape index (κ3) is 5.05. The quantitative estimate of drug-likeness (QED) is 0.605. The lowest BCUT2D eigenvalue weighted by Crippen LogP contribution is -2.06. The highest BCUT2D eigenvalue weighted by Gasteiger charge is 2.16. The third-order valence-electron chi connectivity index (χ3n) is 5.11. The van der Waals surface area contributed by atoms with Crippen LogP contribution in [0.2, 0.25) is 0 Å². The molecule has 0 atom stereocenters. The molecule has 0 saturated heterocycles. The van der Waals surface area contributed by atoms with Gasteiger partial charge in [-0.25, -0.2) is 0 Å². The summed E-state index contributed by atoms with van der Waals surface area (Å²) >= 11 is 0. The van der Waals surface area contributed by atoms with E-state index in [0.717, 1.165) is 5.69 Å². The van der Waals surface area contributed by atoms with E-state index >= 15 is 0 Å². The van der Waals surface area contributed by atoms with E-state index in [-0.39, 0.29) is 0 Å². The molecule has 1 aromatic carbocycles. The van der Waals surface area contributed by atoms with Crippen molar-refractivity contribution < 1.29 is 0 Å². The minimum absolute atomic E-state index is 0.683. The summed E-state index contributed by atoms with van der Waals surface area (Å²) in [7, 11) is 0. The summed E-state index contributed by atoms with van der Waals surface area (Å²) in [4.78, 5) is 0. The zero-order valence-electron chi connectivity index (χ0n) is 14.1. The maximum absolute atomic E-state index is 6.40. The summed E-state index contributed by atoms with van der Waals surface area (Å²) < 4.78 is 0. The maximum atomic E-state index is 6.40. The van der Waals surface area contributed by atoms with Crippen LogP contribution in [-0.2, 0) is 0 Å². The number of nitrogen functional groups attached to an aromatic ring is 1. The number of anilines is 1. The molecular formula is C20H33N. The monoisotopic (exact) mass is 287 g/mol. The third-order valence-corrected chi connectivity index (χ3v) is 5.11. The van der Waals surface area contributed by atoms with Gasteiger partial charge in [-0.15, -0.1) is 0 Å². The number of hydrogen-bond donors (Lipinski definition) is 1. The Kier molecular flexibility index (Phi) is 6.60. The molecule has 1 heteroatoms. The van der Waals surface area contributed by atoms with Crippen molar-refractivity contribution in [2.24, 2.45) is 0 Å². The van der Waals surface area contributed by atoms with Gasteiger partial charge in [0.2, 0.25) is 0 Å². The van der Waals surface area contributed by atoms with E-state index in [9.17, 15) is 0 Å². The Labute approximate surface area is 131 Å². The first-order valence-electron chi connectivity index (χ1n) is 9.05. The maximum Gasteiger partial charge on any atom is 0.0379 e. The van der Waals surface area contributed by atoms with Crippen LogP contribution >= 0.6 is 0 Å². The Morgan fingerprint density at radius 3 is 1.76 bits per heavy atom. The van der Waals surface area contributed by atoms with Crippen LogP contribution in [0.15, 0.2) is 12.1 Å². The molecule has 2 N–H and O–H groups in total. The lowest BCUT2D eigenvalue weighted by atomic mass is 9.85. The Hall–Kier alpha value is -0.980. The largest absolute Gasteiger partial charge is 0.398 e. The minimum Gasteiger partial charge on any atom is -0.398 e. The topological polar surface area (TPSA) is 26.0 Å². The number of rotatable bonds is 1. The summed E-state index contributed by atoms with van der Waals surface area (Å²) in [6.45, 7) is 4.35. The summed E-state index contributed by atoms with van der Waals surface area (Å²) in [5.41, 5.74) is 11.5. The molecule has 0 radical (unpaired) electrons. The summed E-state index contributed by atoms with van der Waals surface area (Å²) in [5.74, 6) is 0.683. The van der Waals surface area contributed by atoms with Gasteiger partial charge in [0.05, 0.1) is 0 Å². The zero-order chi connectivity index (χ0) is 15.1. The van der Waals surface area contributed by atoms with Gasteiger partial charge in [-0.3, -0.25) is 0 Å². The highest BCUT2D eigenvalue weighted by molar-refractivity contribution is 5.56. The van der Waals surface area contributed by atoms with Crippen LogP contribution in [0.3, 0.4) is 0 Å². The smallest absolute Gasteiger partial charge is 0.0379 e. The molecule has 1 aromatic rings. The van der Waals surface area contributed by atoms with Gasteiger partial charge in [-0.2, -0.15) is 0 Å². The number of hydrogen-bond acceptors (Lipinski definition) is 1. The number of benzene rings is 1.